The van der Waals surface area contributed by atoms with E-state index in [4.69, 9.17) is 0 Å². The number of carboxylic acid groups (broad SMARTS) is 1. The van der Waals surface area contributed by atoms with E-state index >= 15 is 0 Å². The average Bonchev–Trinajstić information content (AvgIpc) is 2.64. The second-order valence-corrected chi connectivity index (χ2v) is 9.97. The highest BCUT2D eigenvalue weighted by Gasteiger charge is 2.69. The summed E-state index contributed by atoms with van der Waals surface area (Å²) in [6.07, 6.45) is 7.73. The summed E-state index contributed by atoms with van der Waals surface area (Å²) in [7, 11) is 0. The van der Waals surface area contributed by atoms with Gasteiger partial charge in [-0.15, -0.1) is 0 Å². The molecule has 4 aliphatic rings. The molecular weight excluding hydrogens is 300 g/mol. The highest BCUT2D eigenvalue weighted by atomic mass is 16.4. The topological polar surface area (TPSA) is 54.4 Å². The first-order valence-corrected chi connectivity index (χ1v) is 9.58. The molecule has 0 saturated heterocycles. The number of carbonyl (C=O) groups excluding carboxylic acids is 1. The summed E-state index contributed by atoms with van der Waals surface area (Å²) >= 11 is 0. The number of rotatable bonds is 1. The van der Waals surface area contributed by atoms with Crippen molar-refractivity contribution >= 4 is 11.8 Å². The highest BCUT2D eigenvalue weighted by molar-refractivity contribution is 6.03. The van der Waals surface area contributed by atoms with Gasteiger partial charge in [-0.1, -0.05) is 26.8 Å². The summed E-state index contributed by atoms with van der Waals surface area (Å²) in [6.45, 7) is 10.7. The number of carbonyl (C=O) groups is 2. The van der Waals surface area contributed by atoms with Gasteiger partial charge in [0.25, 0.3) is 0 Å². The second kappa shape index (κ2) is 4.53. The van der Waals surface area contributed by atoms with Crippen LogP contribution in [-0.2, 0) is 9.59 Å². The van der Waals surface area contributed by atoms with E-state index < -0.39 is 11.4 Å². The number of fused-ring (bicyclic) bond motifs is 3. The minimum Gasteiger partial charge on any atom is -0.481 e. The smallest absolute Gasteiger partial charge is 0.309 e. The molecule has 0 heterocycles. The van der Waals surface area contributed by atoms with E-state index in [-0.39, 0.29) is 22.2 Å². The zero-order valence-corrected chi connectivity index (χ0v) is 15.3. The van der Waals surface area contributed by atoms with Crippen LogP contribution in [0.25, 0.3) is 0 Å². The number of hydrogen-bond acceptors (Lipinski definition) is 2. The number of aliphatic carboxylic acids is 1. The Hall–Kier alpha value is -1.12. The lowest BCUT2D eigenvalue weighted by Gasteiger charge is -2.63. The van der Waals surface area contributed by atoms with E-state index in [2.05, 4.69) is 20.4 Å². The van der Waals surface area contributed by atoms with Crippen LogP contribution in [-0.4, -0.2) is 16.9 Å². The molecular formula is C21H30O3. The lowest BCUT2D eigenvalue weighted by Crippen LogP contribution is -2.58. The van der Waals surface area contributed by atoms with Crippen molar-refractivity contribution in [3.8, 4) is 0 Å². The summed E-state index contributed by atoms with van der Waals surface area (Å²) in [6, 6.07) is 0. The van der Waals surface area contributed by atoms with Crippen molar-refractivity contribution in [2.45, 2.75) is 72.1 Å². The van der Waals surface area contributed by atoms with Crippen molar-refractivity contribution in [1.29, 1.82) is 0 Å². The van der Waals surface area contributed by atoms with Crippen molar-refractivity contribution in [3.63, 3.8) is 0 Å². The Morgan fingerprint density at radius 1 is 1.08 bits per heavy atom. The largest absolute Gasteiger partial charge is 0.481 e. The second-order valence-electron chi connectivity index (χ2n) is 9.97. The molecule has 6 atom stereocenters. The summed E-state index contributed by atoms with van der Waals surface area (Å²) in [5.74, 6) is 0.315. The van der Waals surface area contributed by atoms with Gasteiger partial charge in [0.05, 0.1) is 5.41 Å². The quantitative estimate of drug-likeness (QED) is 0.714. The van der Waals surface area contributed by atoms with E-state index in [1.54, 1.807) is 0 Å². The summed E-state index contributed by atoms with van der Waals surface area (Å²) in [4.78, 5) is 25.0. The summed E-state index contributed by atoms with van der Waals surface area (Å²) in [5, 5.41) is 9.94. The van der Waals surface area contributed by atoms with Gasteiger partial charge in [-0.05, 0) is 74.7 Å². The predicted molar refractivity (Wildman–Crippen MR) is 92.5 cm³/mol. The van der Waals surface area contributed by atoms with Gasteiger partial charge in [-0.3, -0.25) is 9.59 Å². The van der Waals surface area contributed by atoms with E-state index in [1.807, 2.05) is 6.92 Å². The molecule has 0 amide bonds. The zero-order chi connectivity index (χ0) is 17.5. The van der Waals surface area contributed by atoms with Crippen molar-refractivity contribution in [2.24, 2.45) is 33.5 Å². The Labute approximate surface area is 144 Å². The molecule has 3 heteroatoms. The van der Waals surface area contributed by atoms with Gasteiger partial charge in [0.2, 0.25) is 0 Å². The third-order valence-corrected chi connectivity index (χ3v) is 8.92. The normalized spacial score (nSPS) is 53.5. The maximum absolute atomic E-state index is 12.9. The molecule has 3 nitrogen and oxygen atoms in total. The van der Waals surface area contributed by atoms with Crippen molar-refractivity contribution in [2.75, 3.05) is 0 Å². The Balaban J connectivity index is 1.80. The van der Waals surface area contributed by atoms with Crippen molar-refractivity contribution in [3.05, 3.63) is 12.2 Å². The molecule has 1 spiro atoms. The lowest BCUT2D eigenvalue weighted by molar-refractivity contribution is -0.179. The fourth-order valence-corrected chi connectivity index (χ4v) is 7.76. The first kappa shape index (κ1) is 16.4. The minimum absolute atomic E-state index is 0.0263. The van der Waals surface area contributed by atoms with Gasteiger partial charge in [-0.25, -0.2) is 0 Å². The van der Waals surface area contributed by atoms with Crippen LogP contribution in [0.2, 0.25) is 0 Å². The first-order valence-electron chi connectivity index (χ1n) is 9.58. The minimum atomic E-state index is -0.628. The van der Waals surface area contributed by atoms with Crippen molar-refractivity contribution in [1.82, 2.24) is 0 Å². The van der Waals surface area contributed by atoms with E-state index in [1.165, 1.54) is 0 Å². The van der Waals surface area contributed by atoms with E-state index in [9.17, 15) is 14.7 Å². The number of allylic oxidation sites excluding steroid dienone is 1. The molecule has 24 heavy (non-hydrogen) atoms. The SMILES string of the molecule is C=C1C(=O)[C@]2(C)CC[C@@H]3[C@]1(CCC1[C@](C)(C(=O)O)CCC[C@]13C)C2. The maximum Gasteiger partial charge on any atom is 0.309 e. The summed E-state index contributed by atoms with van der Waals surface area (Å²) < 4.78 is 0. The number of hydrogen-bond donors (Lipinski definition) is 1. The monoisotopic (exact) mass is 330 g/mol. The molecule has 0 aliphatic heterocycles. The van der Waals surface area contributed by atoms with Gasteiger partial charge < -0.3 is 5.11 Å². The number of Topliss-reactive ketones (excluding diaryl/α,β-unsaturated/α-hetero) is 1. The molecule has 0 radical (unpaired) electrons. The number of carboxylic acids is 1. The Bertz CT molecular complexity index is 651. The van der Waals surface area contributed by atoms with Gasteiger partial charge in [0.1, 0.15) is 0 Å². The molecule has 4 saturated carbocycles. The lowest BCUT2D eigenvalue weighted by atomic mass is 9.40. The van der Waals surface area contributed by atoms with Gasteiger partial charge >= 0.3 is 5.97 Å². The number of ketones is 1. The third-order valence-electron chi connectivity index (χ3n) is 8.92. The third kappa shape index (κ3) is 1.64. The molecule has 2 bridgehead atoms. The van der Waals surface area contributed by atoms with Crippen LogP contribution in [0.15, 0.2) is 12.2 Å². The van der Waals surface area contributed by atoms with E-state index in [0.717, 1.165) is 56.9 Å². The molecule has 4 fully saturated rings. The molecule has 132 valence electrons. The Kier molecular flexibility index (Phi) is 3.09. The van der Waals surface area contributed by atoms with Crippen LogP contribution >= 0.6 is 0 Å². The van der Waals surface area contributed by atoms with Crippen LogP contribution in [0.1, 0.15) is 72.1 Å². The maximum atomic E-state index is 12.9. The van der Waals surface area contributed by atoms with E-state index in [0.29, 0.717) is 11.7 Å². The van der Waals surface area contributed by atoms with Crippen LogP contribution in [0.5, 0.6) is 0 Å². The van der Waals surface area contributed by atoms with Crippen LogP contribution in [0, 0.1) is 33.5 Å². The molecule has 1 unspecified atom stereocenters. The van der Waals surface area contributed by atoms with Gasteiger partial charge in [-0.2, -0.15) is 0 Å². The molecule has 0 aromatic heterocycles. The van der Waals surface area contributed by atoms with Crippen LogP contribution < -0.4 is 0 Å². The summed E-state index contributed by atoms with van der Waals surface area (Å²) in [5.41, 5.74) is 0.0284. The Morgan fingerprint density at radius 2 is 1.75 bits per heavy atom. The first-order chi connectivity index (χ1) is 11.1. The average molecular weight is 330 g/mol. The fourth-order valence-electron chi connectivity index (χ4n) is 7.76. The van der Waals surface area contributed by atoms with Crippen LogP contribution in [0.3, 0.4) is 0 Å². The molecule has 0 aromatic rings. The van der Waals surface area contributed by atoms with Crippen LogP contribution in [0.4, 0.5) is 0 Å². The zero-order valence-electron chi connectivity index (χ0n) is 15.3. The standard InChI is InChI=1S/C21H30O3/c1-13-16(22)18(2)10-6-15-19(3)8-5-9-20(4,17(23)24)14(19)7-11-21(13,15)12-18/h14-15H,1,5-12H2,2-4H3,(H,23,24)/t14?,15-,18+,19+,20+,21+/m0/s1. The van der Waals surface area contributed by atoms with Gasteiger partial charge in [0.15, 0.2) is 5.78 Å². The van der Waals surface area contributed by atoms with Crippen molar-refractivity contribution < 1.29 is 14.7 Å². The molecule has 4 aliphatic carbocycles. The fraction of sp³-hybridized carbons (Fsp3) is 0.810. The van der Waals surface area contributed by atoms with Gasteiger partial charge in [0, 0.05) is 10.8 Å². The molecule has 4 rings (SSSR count). The highest BCUT2D eigenvalue weighted by Crippen LogP contribution is 2.74. The Morgan fingerprint density at radius 3 is 2.42 bits per heavy atom. The molecule has 1 N–H and O–H groups in total. The molecule has 0 aromatic carbocycles. The predicted octanol–water partition coefficient (Wildman–Crippen LogP) is 4.61.